The summed E-state index contributed by atoms with van der Waals surface area (Å²) in [6, 6.07) is 64.0. The van der Waals surface area contributed by atoms with Crippen LogP contribution in [0.1, 0.15) is 25.0 Å². The number of nitrogens with zero attached hydrogens (tertiary/aromatic N) is 3. The quantitative estimate of drug-likeness (QED) is 0.171. The van der Waals surface area contributed by atoms with Gasteiger partial charge in [-0.3, -0.25) is 4.57 Å². The van der Waals surface area contributed by atoms with Crippen LogP contribution in [0, 0.1) is 0 Å². The monoisotopic (exact) mass is 713 g/mol. The highest BCUT2D eigenvalue weighted by molar-refractivity contribution is 6.35. The summed E-state index contributed by atoms with van der Waals surface area (Å²) in [6.07, 6.45) is 0. The Hall–Kier alpha value is -7.10. The third-order valence-corrected chi connectivity index (χ3v) is 12.3. The van der Waals surface area contributed by atoms with Gasteiger partial charge in [-0.2, -0.15) is 0 Å². The van der Waals surface area contributed by atoms with Crippen molar-refractivity contribution >= 4 is 64.9 Å². The fourth-order valence-corrected chi connectivity index (χ4v) is 9.77. The van der Waals surface area contributed by atoms with Crippen molar-refractivity contribution in [3.8, 4) is 39.6 Å². The molecule has 1 aliphatic carbocycles. The zero-order valence-corrected chi connectivity index (χ0v) is 31.1. The maximum atomic E-state index is 5.66. The first-order chi connectivity index (χ1) is 27.5. The van der Waals surface area contributed by atoms with Gasteiger partial charge in [-0.05, 0) is 72.6 Å². The molecule has 12 rings (SSSR count). The summed E-state index contributed by atoms with van der Waals surface area (Å²) in [5, 5.41) is 12.4. The topological polar surface area (TPSA) is 30.7 Å². The van der Waals surface area contributed by atoms with Gasteiger partial charge in [0.05, 0.1) is 22.4 Å². The van der Waals surface area contributed by atoms with Gasteiger partial charge >= 0.3 is 0 Å². The molecule has 2 aromatic heterocycles. The molecule has 56 heavy (non-hydrogen) atoms. The number of hydrogen-bond donors (Lipinski definition) is 0. The molecule has 0 radical (unpaired) electrons. The van der Waals surface area contributed by atoms with Crippen molar-refractivity contribution in [3.63, 3.8) is 0 Å². The van der Waals surface area contributed by atoms with Gasteiger partial charge in [-0.15, -0.1) is 0 Å². The number of aromatic nitrogens is 3. The Morgan fingerprint density at radius 1 is 0.411 bits per heavy atom. The lowest BCUT2D eigenvalue weighted by atomic mass is 9.81. The Labute approximate surface area is 324 Å². The first-order valence-electron chi connectivity index (χ1n) is 19.4. The lowest BCUT2D eigenvalue weighted by molar-refractivity contribution is 0.657. The normalized spacial score (nSPS) is 13.3. The van der Waals surface area contributed by atoms with Gasteiger partial charge in [-0.25, -0.2) is 9.97 Å². The minimum Gasteiger partial charge on any atom is -0.278 e. The second-order valence-corrected chi connectivity index (χ2v) is 15.7. The van der Waals surface area contributed by atoms with E-state index in [1.165, 1.54) is 81.7 Å². The minimum absolute atomic E-state index is 0.287. The van der Waals surface area contributed by atoms with Crippen LogP contribution < -0.4 is 0 Å². The summed E-state index contributed by atoms with van der Waals surface area (Å²) in [7, 11) is 0. The van der Waals surface area contributed by atoms with Gasteiger partial charge < -0.3 is 0 Å². The molecule has 0 fully saturated rings. The standard InChI is InChI=1S/C53H35N3/c1-53(2)44-23-13-12-22-42(44)51-49(53)50(34-26-24-33(25-27-34)32-14-4-3-5-15-32)54-52(55-51)56-45-29-28-41-39-20-9-8-18-37(39)38-19-10-11-21-40(38)47(41)48(45)43-30-35-16-6-7-17-36(35)31-46(43)56/h3-31H,1-2H3. The van der Waals surface area contributed by atoms with Crippen LogP contribution in [0.4, 0.5) is 0 Å². The molecule has 11 aromatic rings. The molecule has 0 saturated carbocycles. The maximum Gasteiger partial charge on any atom is 0.235 e. The molecule has 0 aliphatic heterocycles. The first kappa shape index (κ1) is 31.3. The SMILES string of the molecule is CC1(C)c2ccccc2-c2nc(-n3c4cc5ccccc5cc4c4c5c6ccccc6c6ccccc6c5ccc43)nc(-c3ccc(-c4ccccc4)cc3)c21. The largest absolute Gasteiger partial charge is 0.278 e. The molecule has 0 atom stereocenters. The van der Waals surface area contributed by atoms with Crippen LogP contribution in [-0.2, 0) is 5.41 Å². The number of fused-ring (bicyclic) bond motifs is 14. The zero-order valence-electron chi connectivity index (χ0n) is 31.1. The summed E-state index contributed by atoms with van der Waals surface area (Å²) in [5.41, 5.74) is 11.0. The van der Waals surface area contributed by atoms with E-state index in [1.807, 2.05) is 0 Å². The van der Waals surface area contributed by atoms with Crippen molar-refractivity contribution in [2.75, 3.05) is 0 Å². The van der Waals surface area contributed by atoms with Crippen LogP contribution in [0.15, 0.2) is 176 Å². The number of benzene rings is 9. The molecular weight excluding hydrogens is 679 g/mol. The molecule has 3 heteroatoms. The van der Waals surface area contributed by atoms with E-state index in [9.17, 15) is 0 Å². The van der Waals surface area contributed by atoms with E-state index in [1.54, 1.807) is 0 Å². The van der Waals surface area contributed by atoms with Crippen molar-refractivity contribution in [1.82, 2.24) is 14.5 Å². The van der Waals surface area contributed by atoms with Crippen molar-refractivity contribution in [2.24, 2.45) is 0 Å². The van der Waals surface area contributed by atoms with Gasteiger partial charge in [0.15, 0.2) is 0 Å². The Kier molecular flexibility index (Phi) is 6.40. The number of hydrogen-bond acceptors (Lipinski definition) is 2. The van der Waals surface area contributed by atoms with E-state index in [2.05, 4.69) is 194 Å². The number of rotatable bonds is 3. The Morgan fingerprint density at radius 3 is 1.71 bits per heavy atom. The van der Waals surface area contributed by atoms with Crippen LogP contribution in [0.2, 0.25) is 0 Å². The molecule has 1 aliphatic rings. The summed E-state index contributed by atoms with van der Waals surface area (Å²) >= 11 is 0. The van der Waals surface area contributed by atoms with Gasteiger partial charge in [-0.1, -0.05) is 172 Å². The zero-order chi connectivity index (χ0) is 37.1. The Morgan fingerprint density at radius 2 is 0.964 bits per heavy atom. The molecule has 262 valence electrons. The van der Waals surface area contributed by atoms with Crippen molar-refractivity contribution in [1.29, 1.82) is 0 Å². The first-order valence-corrected chi connectivity index (χ1v) is 19.4. The highest BCUT2D eigenvalue weighted by Crippen LogP contribution is 2.52. The van der Waals surface area contributed by atoms with E-state index in [0.29, 0.717) is 5.95 Å². The van der Waals surface area contributed by atoms with Crippen molar-refractivity contribution in [3.05, 3.63) is 187 Å². The van der Waals surface area contributed by atoms with Gasteiger partial charge in [0.25, 0.3) is 0 Å². The molecule has 0 unspecified atom stereocenters. The Balaban J connectivity index is 1.23. The summed E-state index contributed by atoms with van der Waals surface area (Å²) in [4.78, 5) is 11.3. The van der Waals surface area contributed by atoms with E-state index in [0.717, 1.165) is 28.0 Å². The highest BCUT2D eigenvalue weighted by Gasteiger charge is 2.40. The minimum atomic E-state index is -0.287. The van der Waals surface area contributed by atoms with E-state index in [4.69, 9.17) is 9.97 Å². The van der Waals surface area contributed by atoms with Crippen LogP contribution in [0.3, 0.4) is 0 Å². The van der Waals surface area contributed by atoms with Gasteiger partial charge in [0.2, 0.25) is 5.95 Å². The van der Waals surface area contributed by atoms with Gasteiger partial charge in [0.1, 0.15) is 0 Å². The van der Waals surface area contributed by atoms with E-state index in [-0.39, 0.29) is 5.41 Å². The van der Waals surface area contributed by atoms with Crippen LogP contribution in [0.5, 0.6) is 0 Å². The predicted molar refractivity (Wildman–Crippen MR) is 235 cm³/mol. The molecule has 0 spiro atoms. The van der Waals surface area contributed by atoms with Crippen LogP contribution >= 0.6 is 0 Å². The lowest BCUT2D eigenvalue weighted by Crippen LogP contribution is -2.18. The average Bonchev–Trinajstić information content (AvgIpc) is 3.70. The van der Waals surface area contributed by atoms with Crippen molar-refractivity contribution < 1.29 is 0 Å². The summed E-state index contributed by atoms with van der Waals surface area (Å²) in [6.45, 7) is 4.63. The molecule has 9 aromatic carbocycles. The third-order valence-electron chi connectivity index (χ3n) is 12.3. The second-order valence-electron chi connectivity index (χ2n) is 15.7. The summed E-state index contributed by atoms with van der Waals surface area (Å²) in [5.74, 6) is 0.679. The third kappa shape index (κ3) is 4.28. The lowest BCUT2D eigenvalue weighted by Gasteiger charge is -2.24. The highest BCUT2D eigenvalue weighted by atomic mass is 15.2. The second kappa shape index (κ2) is 11.5. The molecule has 3 nitrogen and oxygen atoms in total. The average molecular weight is 714 g/mol. The maximum absolute atomic E-state index is 5.66. The fraction of sp³-hybridized carbons (Fsp3) is 0.0566. The summed E-state index contributed by atoms with van der Waals surface area (Å²) < 4.78 is 2.33. The molecule has 0 N–H and O–H groups in total. The van der Waals surface area contributed by atoms with Crippen LogP contribution in [0.25, 0.3) is 104 Å². The molecule has 0 amide bonds. The van der Waals surface area contributed by atoms with Crippen LogP contribution in [-0.4, -0.2) is 14.5 Å². The molecule has 2 heterocycles. The van der Waals surface area contributed by atoms with Crippen molar-refractivity contribution in [2.45, 2.75) is 19.3 Å². The Bertz CT molecular complexity index is 3390. The molecular formula is C53H35N3. The fourth-order valence-electron chi connectivity index (χ4n) is 9.77. The smallest absolute Gasteiger partial charge is 0.235 e. The van der Waals surface area contributed by atoms with E-state index < -0.39 is 0 Å². The molecule has 0 saturated heterocycles. The van der Waals surface area contributed by atoms with Gasteiger partial charge in [0, 0.05) is 38.3 Å². The predicted octanol–water partition coefficient (Wildman–Crippen LogP) is 13.8. The molecule has 0 bridgehead atoms. The van der Waals surface area contributed by atoms with E-state index >= 15 is 0 Å².